The molecule has 0 atom stereocenters. The molecule has 1 aromatic heterocycles. The van der Waals surface area contributed by atoms with Crippen LogP contribution < -0.4 is 5.32 Å². The van der Waals surface area contributed by atoms with Gasteiger partial charge in [0.05, 0.1) is 10.7 Å². The SMILES string of the molecule is CC(C)(C)c1csc(Cc2cccc(CNC3CC3)c2)n1. The highest BCUT2D eigenvalue weighted by molar-refractivity contribution is 7.09. The number of nitrogens with zero attached hydrogens (tertiary/aromatic N) is 1. The van der Waals surface area contributed by atoms with Crippen molar-refractivity contribution in [1.82, 2.24) is 10.3 Å². The molecule has 0 bridgehead atoms. The molecule has 21 heavy (non-hydrogen) atoms. The van der Waals surface area contributed by atoms with Crippen LogP contribution in [0.25, 0.3) is 0 Å². The van der Waals surface area contributed by atoms with Crippen molar-refractivity contribution in [3.8, 4) is 0 Å². The van der Waals surface area contributed by atoms with Crippen LogP contribution in [0.15, 0.2) is 29.6 Å². The molecule has 3 rings (SSSR count). The van der Waals surface area contributed by atoms with E-state index in [0.717, 1.165) is 19.0 Å². The number of hydrogen-bond acceptors (Lipinski definition) is 3. The predicted octanol–water partition coefficient (Wildman–Crippen LogP) is 4.28. The summed E-state index contributed by atoms with van der Waals surface area (Å²) in [6.45, 7) is 7.64. The quantitative estimate of drug-likeness (QED) is 0.891. The second kappa shape index (κ2) is 5.90. The lowest BCUT2D eigenvalue weighted by molar-refractivity contribution is 0.571. The lowest BCUT2D eigenvalue weighted by Crippen LogP contribution is -2.15. The van der Waals surface area contributed by atoms with Gasteiger partial charge in [0, 0.05) is 29.8 Å². The molecule has 112 valence electrons. The summed E-state index contributed by atoms with van der Waals surface area (Å²) in [6.07, 6.45) is 3.63. The van der Waals surface area contributed by atoms with Gasteiger partial charge in [-0.15, -0.1) is 11.3 Å². The van der Waals surface area contributed by atoms with Gasteiger partial charge in [-0.2, -0.15) is 0 Å². The molecule has 1 fully saturated rings. The summed E-state index contributed by atoms with van der Waals surface area (Å²) in [4.78, 5) is 4.79. The van der Waals surface area contributed by atoms with Gasteiger partial charge in [-0.05, 0) is 24.0 Å². The Morgan fingerprint density at radius 2 is 2.00 bits per heavy atom. The molecule has 0 amide bonds. The normalized spacial score (nSPS) is 15.4. The highest BCUT2D eigenvalue weighted by Gasteiger charge is 2.20. The van der Waals surface area contributed by atoms with Gasteiger partial charge in [-0.25, -0.2) is 4.98 Å². The summed E-state index contributed by atoms with van der Waals surface area (Å²) >= 11 is 1.78. The number of thiazole rings is 1. The van der Waals surface area contributed by atoms with Gasteiger partial charge < -0.3 is 5.32 Å². The maximum atomic E-state index is 4.79. The fourth-order valence-electron chi connectivity index (χ4n) is 2.31. The largest absolute Gasteiger partial charge is 0.310 e. The van der Waals surface area contributed by atoms with E-state index in [0.29, 0.717) is 0 Å². The molecule has 0 unspecified atom stereocenters. The van der Waals surface area contributed by atoms with E-state index in [1.165, 1.54) is 34.7 Å². The Labute approximate surface area is 131 Å². The van der Waals surface area contributed by atoms with E-state index in [1.807, 2.05) is 0 Å². The van der Waals surface area contributed by atoms with Crippen LogP contribution in [0, 0.1) is 0 Å². The molecule has 2 aromatic rings. The average Bonchev–Trinajstić information content (AvgIpc) is 3.14. The summed E-state index contributed by atoms with van der Waals surface area (Å²) in [5.41, 5.74) is 4.09. The average molecular weight is 300 g/mol. The summed E-state index contributed by atoms with van der Waals surface area (Å²) < 4.78 is 0. The molecule has 3 heteroatoms. The van der Waals surface area contributed by atoms with E-state index in [1.54, 1.807) is 11.3 Å². The highest BCUT2D eigenvalue weighted by Crippen LogP contribution is 2.25. The number of aromatic nitrogens is 1. The topological polar surface area (TPSA) is 24.9 Å². The molecule has 0 saturated heterocycles. The van der Waals surface area contributed by atoms with Gasteiger partial charge in [-0.3, -0.25) is 0 Å². The molecule has 0 radical (unpaired) electrons. The van der Waals surface area contributed by atoms with Crippen molar-refractivity contribution in [3.05, 3.63) is 51.5 Å². The molecule has 1 aromatic carbocycles. The Hall–Kier alpha value is -1.19. The lowest BCUT2D eigenvalue weighted by Gasteiger charge is -2.14. The standard InChI is InChI=1S/C18H24N2S/c1-18(2,3)16-12-21-17(20-16)10-13-5-4-6-14(9-13)11-19-15-7-8-15/h4-6,9,12,15,19H,7-8,10-11H2,1-3H3. The number of benzene rings is 1. The molecule has 1 N–H and O–H groups in total. The van der Waals surface area contributed by atoms with Crippen molar-refractivity contribution < 1.29 is 0 Å². The first-order valence-corrected chi connectivity index (χ1v) is 8.65. The van der Waals surface area contributed by atoms with Crippen LogP contribution in [0.4, 0.5) is 0 Å². The maximum absolute atomic E-state index is 4.79. The Kier molecular flexibility index (Phi) is 4.14. The number of hydrogen-bond donors (Lipinski definition) is 1. The molecular weight excluding hydrogens is 276 g/mol. The fraction of sp³-hybridized carbons (Fsp3) is 0.500. The van der Waals surface area contributed by atoms with E-state index in [-0.39, 0.29) is 5.41 Å². The third kappa shape index (κ3) is 4.14. The molecule has 1 heterocycles. The van der Waals surface area contributed by atoms with E-state index in [9.17, 15) is 0 Å². The Morgan fingerprint density at radius 3 is 2.67 bits per heavy atom. The fourth-order valence-corrected chi connectivity index (χ4v) is 3.37. The van der Waals surface area contributed by atoms with Crippen molar-refractivity contribution in [2.24, 2.45) is 0 Å². The van der Waals surface area contributed by atoms with Gasteiger partial charge in [0.15, 0.2) is 0 Å². The summed E-state index contributed by atoms with van der Waals surface area (Å²) in [7, 11) is 0. The zero-order chi connectivity index (χ0) is 14.9. The van der Waals surface area contributed by atoms with Crippen molar-refractivity contribution >= 4 is 11.3 Å². The first-order valence-electron chi connectivity index (χ1n) is 7.77. The van der Waals surface area contributed by atoms with Gasteiger partial charge in [-0.1, -0.05) is 45.0 Å². The van der Waals surface area contributed by atoms with Crippen molar-refractivity contribution in [2.45, 2.75) is 58.0 Å². The third-order valence-electron chi connectivity index (χ3n) is 3.84. The molecule has 1 saturated carbocycles. The van der Waals surface area contributed by atoms with Crippen LogP contribution in [-0.4, -0.2) is 11.0 Å². The Bertz CT molecular complexity index is 606. The Balaban J connectivity index is 1.66. The van der Waals surface area contributed by atoms with Gasteiger partial charge in [0.2, 0.25) is 0 Å². The van der Waals surface area contributed by atoms with Crippen LogP contribution in [0.3, 0.4) is 0 Å². The second-order valence-corrected chi connectivity index (χ2v) is 7.97. The van der Waals surface area contributed by atoms with E-state index < -0.39 is 0 Å². The van der Waals surface area contributed by atoms with Crippen molar-refractivity contribution in [2.75, 3.05) is 0 Å². The van der Waals surface area contributed by atoms with Crippen molar-refractivity contribution in [1.29, 1.82) is 0 Å². The number of nitrogens with one attached hydrogen (secondary N) is 1. The van der Waals surface area contributed by atoms with Gasteiger partial charge in [0.25, 0.3) is 0 Å². The van der Waals surface area contributed by atoms with Crippen LogP contribution >= 0.6 is 11.3 Å². The third-order valence-corrected chi connectivity index (χ3v) is 4.69. The van der Waals surface area contributed by atoms with Gasteiger partial charge >= 0.3 is 0 Å². The van der Waals surface area contributed by atoms with Crippen LogP contribution in [0.2, 0.25) is 0 Å². The first-order chi connectivity index (χ1) is 10.0. The molecule has 1 aliphatic carbocycles. The minimum Gasteiger partial charge on any atom is -0.310 e. The molecule has 0 spiro atoms. The molecule has 1 aliphatic rings. The highest BCUT2D eigenvalue weighted by atomic mass is 32.1. The smallest absolute Gasteiger partial charge is 0.0972 e. The minimum atomic E-state index is 0.144. The van der Waals surface area contributed by atoms with Crippen LogP contribution in [-0.2, 0) is 18.4 Å². The molecular formula is C18H24N2S. The monoisotopic (exact) mass is 300 g/mol. The lowest BCUT2D eigenvalue weighted by atomic mass is 9.93. The van der Waals surface area contributed by atoms with Crippen molar-refractivity contribution in [3.63, 3.8) is 0 Å². The Morgan fingerprint density at radius 1 is 1.24 bits per heavy atom. The zero-order valence-corrected chi connectivity index (χ0v) is 14.0. The summed E-state index contributed by atoms with van der Waals surface area (Å²) in [6, 6.07) is 9.66. The molecule has 0 aliphatic heterocycles. The van der Waals surface area contributed by atoms with E-state index in [4.69, 9.17) is 4.98 Å². The van der Waals surface area contributed by atoms with E-state index >= 15 is 0 Å². The molecule has 2 nitrogen and oxygen atoms in total. The second-order valence-electron chi connectivity index (χ2n) is 7.03. The van der Waals surface area contributed by atoms with Gasteiger partial charge in [0.1, 0.15) is 0 Å². The first kappa shape index (κ1) is 14.7. The predicted molar refractivity (Wildman–Crippen MR) is 89.9 cm³/mol. The van der Waals surface area contributed by atoms with Crippen LogP contribution in [0.5, 0.6) is 0 Å². The summed E-state index contributed by atoms with van der Waals surface area (Å²) in [5, 5.41) is 6.99. The number of rotatable bonds is 5. The van der Waals surface area contributed by atoms with Crippen LogP contribution in [0.1, 0.15) is 55.4 Å². The minimum absolute atomic E-state index is 0.144. The zero-order valence-electron chi connectivity index (χ0n) is 13.1. The summed E-state index contributed by atoms with van der Waals surface area (Å²) in [5.74, 6) is 0. The van der Waals surface area contributed by atoms with E-state index in [2.05, 4.69) is 55.7 Å². The maximum Gasteiger partial charge on any atom is 0.0972 e.